The van der Waals surface area contributed by atoms with E-state index >= 15 is 0 Å². The van der Waals surface area contributed by atoms with E-state index in [0.717, 1.165) is 36.4 Å². The fourth-order valence-electron chi connectivity index (χ4n) is 1.99. The maximum atomic E-state index is 12.3. The van der Waals surface area contributed by atoms with E-state index in [1.807, 2.05) is 0 Å². The van der Waals surface area contributed by atoms with Crippen molar-refractivity contribution in [2.24, 2.45) is 5.11 Å². The first-order chi connectivity index (χ1) is 12.8. The van der Waals surface area contributed by atoms with Crippen LogP contribution in [0.15, 0.2) is 41.5 Å². The zero-order valence-electron chi connectivity index (χ0n) is 13.3. The highest BCUT2D eigenvalue weighted by Gasteiger charge is 2.15. The minimum Gasteiger partial charge on any atom is -0.594 e. The molecule has 138 valence electrons. The lowest BCUT2D eigenvalue weighted by atomic mass is 10.2. The van der Waals surface area contributed by atoms with Gasteiger partial charge in [-0.05, 0) is 23.1 Å². The molecule has 0 saturated carbocycles. The Bertz CT molecular complexity index is 953. The third-order valence-corrected chi connectivity index (χ3v) is 3.07. The molecule has 0 atom stereocenters. The normalized spacial score (nSPS) is 10.7. The standard InChI is InChI=1S/C16H10N2O9/c19-7-26-13-3-9(15(21)22)1-11(5-13)17-18(25)12-2-10(16(23)24)4-14(6-12)27-8-20/h1-8H,(H,21,22)(H,23,24). The largest absolute Gasteiger partial charge is 0.594 e. The first-order valence-corrected chi connectivity index (χ1v) is 7.00. The average Bonchev–Trinajstić information content (AvgIpc) is 2.61. The number of nitrogens with zero attached hydrogens (tertiary/aromatic N) is 2. The van der Waals surface area contributed by atoms with E-state index in [9.17, 15) is 24.4 Å². The fourth-order valence-corrected chi connectivity index (χ4v) is 1.99. The number of carbonyl (C=O) groups is 4. The molecule has 2 aromatic carbocycles. The summed E-state index contributed by atoms with van der Waals surface area (Å²) in [6.07, 6.45) is 0. The summed E-state index contributed by atoms with van der Waals surface area (Å²) in [4.78, 5) is 43.1. The van der Waals surface area contributed by atoms with Crippen molar-refractivity contribution in [1.82, 2.24) is 0 Å². The average molecular weight is 374 g/mol. The Morgan fingerprint density at radius 3 is 1.93 bits per heavy atom. The van der Waals surface area contributed by atoms with Gasteiger partial charge in [-0.15, -0.1) is 0 Å². The van der Waals surface area contributed by atoms with E-state index in [1.54, 1.807) is 0 Å². The maximum Gasteiger partial charge on any atom is 0.336 e. The van der Waals surface area contributed by atoms with Crippen molar-refractivity contribution in [2.45, 2.75) is 0 Å². The number of aromatic carboxylic acids is 2. The van der Waals surface area contributed by atoms with Crippen molar-refractivity contribution in [3.8, 4) is 11.5 Å². The molecule has 0 amide bonds. The molecule has 2 rings (SSSR count). The third kappa shape index (κ3) is 4.85. The predicted molar refractivity (Wildman–Crippen MR) is 85.6 cm³/mol. The molecule has 0 heterocycles. The number of hydrogen-bond donors (Lipinski definition) is 2. The van der Waals surface area contributed by atoms with Crippen LogP contribution in [0.5, 0.6) is 11.5 Å². The zero-order valence-corrected chi connectivity index (χ0v) is 13.3. The monoisotopic (exact) mass is 374 g/mol. The predicted octanol–water partition coefficient (Wildman–Crippen LogP) is 2.08. The maximum absolute atomic E-state index is 12.3. The van der Waals surface area contributed by atoms with Gasteiger partial charge in [-0.2, -0.15) is 0 Å². The van der Waals surface area contributed by atoms with Crippen LogP contribution in [0.25, 0.3) is 0 Å². The van der Waals surface area contributed by atoms with Crippen molar-refractivity contribution in [3.63, 3.8) is 0 Å². The quantitative estimate of drug-likeness (QED) is 0.304. The van der Waals surface area contributed by atoms with Gasteiger partial charge in [0.25, 0.3) is 12.9 Å². The van der Waals surface area contributed by atoms with E-state index in [1.165, 1.54) is 0 Å². The number of carboxylic acids is 2. The van der Waals surface area contributed by atoms with Gasteiger partial charge in [-0.3, -0.25) is 9.59 Å². The summed E-state index contributed by atoms with van der Waals surface area (Å²) in [7, 11) is 0. The Balaban J connectivity index is 2.53. The number of carboxylic acid groups (broad SMARTS) is 2. The van der Waals surface area contributed by atoms with Gasteiger partial charge in [0, 0.05) is 17.2 Å². The summed E-state index contributed by atoms with van der Waals surface area (Å²) in [6, 6.07) is 6.26. The second-order valence-corrected chi connectivity index (χ2v) is 4.84. The molecule has 0 aliphatic heterocycles. The topological polar surface area (TPSA) is 166 Å². The van der Waals surface area contributed by atoms with Crippen LogP contribution in [0.2, 0.25) is 0 Å². The van der Waals surface area contributed by atoms with Crippen LogP contribution < -0.4 is 9.47 Å². The second-order valence-electron chi connectivity index (χ2n) is 4.84. The summed E-state index contributed by atoms with van der Waals surface area (Å²) < 4.78 is 9.12. The van der Waals surface area contributed by atoms with Crippen LogP contribution in [0.3, 0.4) is 0 Å². The Morgan fingerprint density at radius 1 is 0.889 bits per heavy atom. The molecular formula is C16H10N2O9. The number of hydrogen-bond acceptors (Lipinski definition) is 8. The van der Waals surface area contributed by atoms with Crippen LogP contribution >= 0.6 is 0 Å². The van der Waals surface area contributed by atoms with Crippen molar-refractivity contribution in [3.05, 3.63) is 52.7 Å². The summed E-state index contributed by atoms with van der Waals surface area (Å²) in [6.45, 7) is 0.121. The third-order valence-electron chi connectivity index (χ3n) is 3.07. The molecule has 0 aliphatic rings. The molecule has 11 heteroatoms. The van der Waals surface area contributed by atoms with E-state index in [2.05, 4.69) is 14.6 Å². The van der Waals surface area contributed by atoms with E-state index in [-0.39, 0.29) is 51.8 Å². The van der Waals surface area contributed by atoms with Crippen LogP contribution in [0, 0.1) is 5.21 Å². The van der Waals surface area contributed by atoms with Crippen molar-refractivity contribution < 1.29 is 43.7 Å². The SMILES string of the molecule is O=COc1cc(N=[N+]([O-])c2cc(OC=O)cc(C(=O)O)c2)cc(C(=O)O)c1. The summed E-state index contributed by atoms with van der Waals surface area (Å²) in [5.74, 6) is -3.10. The minimum absolute atomic E-state index is 0.00421. The van der Waals surface area contributed by atoms with Crippen molar-refractivity contribution in [1.29, 1.82) is 0 Å². The molecule has 0 unspecified atom stereocenters. The number of ether oxygens (including phenoxy) is 2. The molecule has 0 aliphatic carbocycles. The molecule has 0 aromatic heterocycles. The summed E-state index contributed by atoms with van der Waals surface area (Å²) in [5.41, 5.74) is -1.12. The van der Waals surface area contributed by atoms with Crippen molar-refractivity contribution in [2.75, 3.05) is 0 Å². The van der Waals surface area contributed by atoms with Gasteiger partial charge in [-0.1, -0.05) is 0 Å². The van der Waals surface area contributed by atoms with Gasteiger partial charge in [0.2, 0.25) is 5.69 Å². The highest BCUT2D eigenvalue weighted by molar-refractivity contribution is 5.90. The molecule has 11 nitrogen and oxygen atoms in total. The van der Waals surface area contributed by atoms with Crippen molar-refractivity contribution >= 4 is 36.3 Å². The van der Waals surface area contributed by atoms with E-state index in [0.29, 0.717) is 0 Å². The lowest BCUT2D eigenvalue weighted by Crippen LogP contribution is -2.01. The molecule has 0 spiro atoms. The summed E-state index contributed by atoms with van der Waals surface area (Å²) >= 11 is 0. The Labute approximate surface area is 150 Å². The molecule has 2 N–H and O–H groups in total. The van der Waals surface area contributed by atoms with Gasteiger partial charge in [0.15, 0.2) is 0 Å². The van der Waals surface area contributed by atoms with E-state index in [4.69, 9.17) is 10.2 Å². The van der Waals surface area contributed by atoms with Gasteiger partial charge in [0.1, 0.15) is 17.2 Å². The number of azo groups is 1. The number of benzene rings is 2. The molecule has 0 radical (unpaired) electrons. The summed E-state index contributed by atoms with van der Waals surface area (Å²) in [5, 5.41) is 34.0. The molecular weight excluding hydrogens is 364 g/mol. The molecule has 0 bridgehead atoms. The Morgan fingerprint density at radius 2 is 1.41 bits per heavy atom. The van der Waals surface area contributed by atoms with E-state index < -0.39 is 11.9 Å². The van der Waals surface area contributed by atoms with Gasteiger partial charge >= 0.3 is 11.9 Å². The first kappa shape index (κ1) is 19.1. The highest BCUT2D eigenvalue weighted by Crippen LogP contribution is 2.27. The Kier molecular flexibility index (Phi) is 5.79. The second kappa shape index (κ2) is 8.20. The first-order valence-electron chi connectivity index (χ1n) is 7.00. The molecule has 0 saturated heterocycles. The Hall–Kier alpha value is -4.28. The number of carbonyl (C=O) groups excluding carboxylic acids is 2. The van der Waals surface area contributed by atoms with Crippen LogP contribution in [-0.2, 0) is 9.59 Å². The van der Waals surface area contributed by atoms with Crippen LogP contribution in [0.1, 0.15) is 20.7 Å². The van der Waals surface area contributed by atoms with Gasteiger partial charge in [0.05, 0.1) is 17.2 Å². The minimum atomic E-state index is -1.38. The lowest BCUT2D eigenvalue weighted by molar-refractivity contribution is -0.435. The van der Waals surface area contributed by atoms with Crippen LogP contribution in [-0.4, -0.2) is 40.0 Å². The zero-order chi connectivity index (χ0) is 20.0. The van der Waals surface area contributed by atoms with Gasteiger partial charge < -0.3 is 24.9 Å². The molecule has 0 fully saturated rings. The number of rotatable bonds is 8. The van der Waals surface area contributed by atoms with Crippen LogP contribution in [0.4, 0.5) is 11.4 Å². The smallest absolute Gasteiger partial charge is 0.336 e. The highest BCUT2D eigenvalue weighted by atomic mass is 16.5. The lowest BCUT2D eigenvalue weighted by Gasteiger charge is -2.05. The van der Waals surface area contributed by atoms with Gasteiger partial charge in [-0.25, -0.2) is 9.59 Å². The fraction of sp³-hybridized carbons (Fsp3) is 0. The molecule has 2 aromatic rings. The molecule has 27 heavy (non-hydrogen) atoms.